The van der Waals surface area contributed by atoms with Gasteiger partial charge in [-0.25, -0.2) is 16.8 Å². The number of hydrogen-bond donors (Lipinski definition) is 0. The van der Waals surface area contributed by atoms with Gasteiger partial charge in [-0.2, -0.15) is 3.71 Å². The van der Waals surface area contributed by atoms with Crippen LogP contribution in [-0.2, 0) is 20.0 Å². The van der Waals surface area contributed by atoms with Gasteiger partial charge in [0.15, 0.2) is 0 Å². The predicted molar refractivity (Wildman–Crippen MR) is 77.9 cm³/mol. The summed E-state index contributed by atoms with van der Waals surface area (Å²) in [4.78, 5) is 0. The minimum absolute atomic E-state index is 0.0402. The molecule has 108 valence electrons. The fraction of sp³-hybridized carbons (Fsp3) is 0.400. The van der Waals surface area contributed by atoms with E-state index < -0.39 is 20.0 Å². The zero-order valence-electron chi connectivity index (χ0n) is 10.3. The Morgan fingerprint density at radius 2 is 1.32 bits per heavy atom. The molecule has 0 aliphatic rings. The van der Waals surface area contributed by atoms with Crippen molar-refractivity contribution in [3.8, 4) is 0 Å². The molecule has 0 heterocycles. The first kappa shape index (κ1) is 16.6. The van der Waals surface area contributed by atoms with Gasteiger partial charge in [0.1, 0.15) is 5.69 Å². The molecule has 0 spiro atoms. The van der Waals surface area contributed by atoms with E-state index in [0.717, 1.165) is 0 Å². The molecule has 1 rings (SSSR count). The van der Waals surface area contributed by atoms with E-state index in [1.54, 1.807) is 0 Å². The van der Waals surface area contributed by atoms with Crippen LogP contribution in [0.2, 0.25) is 10.0 Å². The third-order valence-electron chi connectivity index (χ3n) is 2.36. The molecule has 0 N–H and O–H groups in total. The Kier molecular flexibility index (Phi) is 5.11. The van der Waals surface area contributed by atoms with Crippen molar-refractivity contribution in [1.29, 1.82) is 0 Å². The first-order valence-corrected chi connectivity index (χ1v) is 9.34. The number of benzene rings is 1. The number of para-hydroxylation sites is 1. The monoisotopic (exact) mass is 345 g/mol. The number of anilines is 1. The van der Waals surface area contributed by atoms with Crippen LogP contribution in [-0.4, -0.2) is 28.3 Å². The lowest BCUT2D eigenvalue weighted by molar-refractivity contribution is 0.585. The van der Waals surface area contributed by atoms with Crippen LogP contribution < -0.4 is 3.71 Å². The zero-order valence-corrected chi connectivity index (χ0v) is 13.4. The Morgan fingerprint density at radius 1 is 0.947 bits per heavy atom. The van der Waals surface area contributed by atoms with E-state index >= 15 is 0 Å². The second-order valence-electron chi connectivity index (χ2n) is 3.57. The third-order valence-corrected chi connectivity index (χ3v) is 7.16. The topological polar surface area (TPSA) is 71.5 Å². The van der Waals surface area contributed by atoms with Crippen LogP contribution >= 0.6 is 23.2 Å². The van der Waals surface area contributed by atoms with Gasteiger partial charge < -0.3 is 0 Å². The molecule has 9 heteroatoms. The second-order valence-corrected chi connectivity index (χ2v) is 8.83. The van der Waals surface area contributed by atoms with E-state index in [1.165, 1.54) is 32.0 Å². The largest absolute Gasteiger partial charge is 0.248 e. The molecule has 0 saturated heterocycles. The maximum atomic E-state index is 12.0. The van der Waals surface area contributed by atoms with E-state index in [9.17, 15) is 16.8 Å². The highest BCUT2D eigenvalue weighted by Gasteiger charge is 2.34. The van der Waals surface area contributed by atoms with Crippen LogP contribution in [0.1, 0.15) is 13.8 Å². The van der Waals surface area contributed by atoms with Gasteiger partial charge in [0.2, 0.25) is 20.0 Å². The van der Waals surface area contributed by atoms with Gasteiger partial charge in [-0.05, 0) is 26.0 Å². The van der Waals surface area contributed by atoms with Crippen LogP contribution in [0.5, 0.6) is 0 Å². The highest BCUT2D eigenvalue weighted by Crippen LogP contribution is 2.37. The van der Waals surface area contributed by atoms with E-state index in [2.05, 4.69) is 0 Å². The van der Waals surface area contributed by atoms with Crippen molar-refractivity contribution in [3.05, 3.63) is 28.2 Å². The molecule has 0 aliphatic heterocycles. The standard InChI is InChI=1S/C10H13Cl2NO4S2/c1-3-18(14,15)13(19(16,17)4-2)10-8(11)6-5-7-9(10)12/h5-7H,3-4H2,1-2H3. The van der Waals surface area contributed by atoms with Crippen LogP contribution in [0.4, 0.5) is 5.69 Å². The maximum absolute atomic E-state index is 12.0. The van der Waals surface area contributed by atoms with Gasteiger partial charge in [0.25, 0.3) is 0 Å². The van der Waals surface area contributed by atoms with Gasteiger partial charge in [-0.15, -0.1) is 0 Å². The average Bonchev–Trinajstić information content (AvgIpc) is 2.33. The minimum Gasteiger partial charge on any atom is -0.205 e. The van der Waals surface area contributed by atoms with Gasteiger partial charge in [0.05, 0.1) is 21.6 Å². The van der Waals surface area contributed by atoms with E-state index in [0.29, 0.717) is 3.71 Å². The summed E-state index contributed by atoms with van der Waals surface area (Å²) in [5, 5.41) is -0.0805. The van der Waals surface area contributed by atoms with E-state index in [1.807, 2.05) is 0 Å². The fourth-order valence-corrected chi connectivity index (χ4v) is 5.55. The lowest BCUT2D eigenvalue weighted by Gasteiger charge is -2.24. The van der Waals surface area contributed by atoms with Crippen molar-refractivity contribution in [2.24, 2.45) is 0 Å². The molecule has 19 heavy (non-hydrogen) atoms. The Hall–Kier alpha value is -0.500. The van der Waals surface area contributed by atoms with Crippen molar-refractivity contribution < 1.29 is 16.8 Å². The lowest BCUT2D eigenvalue weighted by atomic mass is 10.3. The van der Waals surface area contributed by atoms with Crippen LogP contribution in [0.3, 0.4) is 0 Å². The first-order valence-electron chi connectivity index (χ1n) is 5.37. The van der Waals surface area contributed by atoms with Gasteiger partial charge in [-0.1, -0.05) is 29.3 Å². The molecule has 0 bridgehead atoms. The third kappa shape index (κ3) is 3.34. The first-order chi connectivity index (χ1) is 8.67. The molecular weight excluding hydrogens is 333 g/mol. The average molecular weight is 346 g/mol. The van der Waals surface area contributed by atoms with Gasteiger partial charge in [0, 0.05) is 0 Å². The molecule has 0 aromatic heterocycles. The second kappa shape index (κ2) is 5.87. The number of nitrogens with zero attached hydrogens (tertiary/aromatic N) is 1. The minimum atomic E-state index is -4.05. The number of hydrogen-bond acceptors (Lipinski definition) is 4. The molecule has 0 aliphatic carbocycles. The van der Waals surface area contributed by atoms with Crippen molar-refractivity contribution >= 4 is 48.9 Å². The molecule has 0 unspecified atom stereocenters. The summed E-state index contributed by atoms with van der Waals surface area (Å²) in [7, 11) is -8.10. The number of sulfonamides is 2. The Labute approximate surface area is 123 Å². The molecule has 0 saturated carbocycles. The molecular formula is C10H13Cl2NO4S2. The summed E-state index contributed by atoms with van der Waals surface area (Å²) in [6.07, 6.45) is 0. The smallest absolute Gasteiger partial charge is 0.205 e. The SMILES string of the molecule is CCS(=O)(=O)N(c1c(Cl)cccc1Cl)S(=O)(=O)CC. The van der Waals surface area contributed by atoms with Crippen molar-refractivity contribution in [2.75, 3.05) is 15.2 Å². The van der Waals surface area contributed by atoms with Crippen molar-refractivity contribution in [3.63, 3.8) is 0 Å². The number of rotatable bonds is 5. The Bertz CT molecular complexity index is 617. The Balaban J connectivity index is 3.70. The quantitative estimate of drug-likeness (QED) is 0.821. The van der Waals surface area contributed by atoms with Crippen LogP contribution in [0, 0.1) is 0 Å². The highest BCUT2D eigenvalue weighted by molar-refractivity contribution is 8.10. The molecule has 1 aromatic rings. The van der Waals surface area contributed by atoms with Crippen LogP contribution in [0.15, 0.2) is 18.2 Å². The summed E-state index contributed by atoms with van der Waals surface area (Å²) in [5.41, 5.74) is -0.227. The summed E-state index contributed by atoms with van der Waals surface area (Å²) < 4.78 is 48.5. The fourth-order valence-electron chi connectivity index (χ4n) is 1.35. The molecule has 0 amide bonds. The summed E-state index contributed by atoms with van der Waals surface area (Å²) >= 11 is 11.8. The summed E-state index contributed by atoms with van der Waals surface area (Å²) in [6.45, 7) is 2.69. The van der Waals surface area contributed by atoms with E-state index in [-0.39, 0.29) is 27.2 Å². The molecule has 5 nitrogen and oxygen atoms in total. The number of halogens is 2. The van der Waals surface area contributed by atoms with Crippen molar-refractivity contribution in [2.45, 2.75) is 13.8 Å². The normalized spacial score (nSPS) is 12.4. The van der Waals surface area contributed by atoms with Crippen LogP contribution in [0.25, 0.3) is 0 Å². The molecule has 0 fully saturated rings. The maximum Gasteiger partial charge on any atom is 0.248 e. The highest BCUT2D eigenvalue weighted by atomic mass is 35.5. The Morgan fingerprint density at radius 3 is 1.63 bits per heavy atom. The summed E-state index contributed by atoms with van der Waals surface area (Å²) in [5.74, 6) is -0.762. The zero-order chi connectivity index (χ0) is 14.8. The van der Waals surface area contributed by atoms with Gasteiger partial charge >= 0.3 is 0 Å². The molecule has 0 atom stereocenters. The molecule has 0 radical (unpaired) electrons. The molecule has 1 aromatic carbocycles. The van der Waals surface area contributed by atoms with Gasteiger partial charge in [-0.3, -0.25) is 0 Å². The van der Waals surface area contributed by atoms with E-state index in [4.69, 9.17) is 23.2 Å². The summed E-state index contributed by atoms with van der Waals surface area (Å²) in [6, 6.07) is 4.27. The lowest BCUT2D eigenvalue weighted by Crippen LogP contribution is -2.39. The van der Waals surface area contributed by atoms with Crippen molar-refractivity contribution in [1.82, 2.24) is 0 Å². The predicted octanol–water partition coefficient (Wildman–Crippen LogP) is 2.50.